The Hall–Kier alpha value is -3.99. The van der Waals surface area contributed by atoms with Crippen LogP contribution in [0.15, 0.2) is 70.4 Å². The molecule has 2 aromatic heterocycles. The molecule has 1 saturated heterocycles. The highest BCUT2D eigenvalue weighted by molar-refractivity contribution is 6.32. The molecule has 0 saturated carbocycles. The number of nitrogens with zero attached hydrogens (tertiary/aromatic N) is 4. The second kappa shape index (κ2) is 11.8. The number of aromatic nitrogens is 3. The molecule has 10 nitrogen and oxygen atoms in total. The molecule has 0 radical (unpaired) electrons. The third-order valence-corrected chi connectivity index (χ3v) is 9.22. The van der Waals surface area contributed by atoms with Gasteiger partial charge in [-0.1, -0.05) is 61.0 Å². The zero-order valence-electron chi connectivity index (χ0n) is 25.8. The van der Waals surface area contributed by atoms with Crippen LogP contribution in [-0.4, -0.2) is 55.8 Å². The van der Waals surface area contributed by atoms with Gasteiger partial charge in [0.2, 0.25) is 5.88 Å². The maximum absolute atomic E-state index is 13.9. The summed E-state index contributed by atoms with van der Waals surface area (Å²) < 4.78 is 7.86. The van der Waals surface area contributed by atoms with Crippen molar-refractivity contribution in [3.63, 3.8) is 0 Å². The first-order chi connectivity index (χ1) is 20.8. The number of ether oxygens (including phenoxy) is 1. The Morgan fingerprint density at radius 1 is 1.18 bits per heavy atom. The fourth-order valence-corrected chi connectivity index (χ4v) is 6.22. The minimum Gasteiger partial charge on any atom is -0.481 e. The van der Waals surface area contributed by atoms with E-state index in [9.17, 15) is 19.5 Å². The highest BCUT2D eigenvalue weighted by Gasteiger charge is 2.44. The summed E-state index contributed by atoms with van der Waals surface area (Å²) in [5.74, 6) is -0.442. The molecule has 1 fully saturated rings. The first-order valence-corrected chi connectivity index (χ1v) is 14.9. The summed E-state index contributed by atoms with van der Waals surface area (Å²) in [6, 6.07) is 11.3. The molecule has 1 aliphatic heterocycles. The number of aliphatic hydroxyl groups is 1. The lowest BCUT2D eigenvalue weighted by Crippen LogP contribution is -2.55. The molecule has 0 spiro atoms. The van der Waals surface area contributed by atoms with Crippen LogP contribution in [0.25, 0.3) is 5.57 Å². The molecule has 1 amide bonds. The molecule has 2 N–H and O–H groups in total. The van der Waals surface area contributed by atoms with E-state index in [1.54, 1.807) is 7.11 Å². The average Bonchev–Trinajstić information content (AvgIpc) is 2.96. The van der Waals surface area contributed by atoms with E-state index in [0.717, 1.165) is 34.4 Å². The number of nitrogens with one attached hydrogen (secondary N) is 1. The number of benzene rings is 1. The maximum Gasteiger partial charge on any atom is 0.330 e. The number of pyridine rings is 1. The van der Waals surface area contributed by atoms with Crippen LogP contribution >= 0.6 is 11.6 Å². The zero-order valence-corrected chi connectivity index (χ0v) is 26.6. The lowest BCUT2D eigenvalue weighted by Gasteiger charge is -2.45. The number of allylic oxidation sites excluding steroid dienone is 2. The van der Waals surface area contributed by atoms with Crippen molar-refractivity contribution in [3.8, 4) is 5.88 Å². The number of hydrogen-bond donors (Lipinski definition) is 2. The highest BCUT2D eigenvalue weighted by atomic mass is 35.5. The Balaban J connectivity index is 1.57. The SMILES string of the molecule is COc1nc(C2(NC(=O)c3cn(C)c(=O)n(C)c3=O)C=CC=C(c3ccccc3Cl)C2C)ccc1CN1CC(C(C)(C)O)C1. The maximum atomic E-state index is 13.9. The summed E-state index contributed by atoms with van der Waals surface area (Å²) in [7, 11) is 4.38. The van der Waals surface area contributed by atoms with Gasteiger partial charge in [0.25, 0.3) is 11.5 Å². The summed E-state index contributed by atoms with van der Waals surface area (Å²) in [5.41, 5.74) is -0.305. The van der Waals surface area contributed by atoms with Crippen molar-refractivity contribution in [2.45, 2.75) is 38.5 Å². The van der Waals surface area contributed by atoms with Crippen molar-refractivity contribution < 1.29 is 14.6 Å². The molecule has 2 atom stereocenters. The lowest BCUT2D eigenvalue weighted by atomic mass is 9.72. The molecule has 11 heteroatoms. The Labute approximate surface area is 261 Å². The number of carbonyl (C=O) groups excluding carboxylic acids is 1. The van der Waals surface area contributed by atoms with E-state index in [-0.39, 0.29) is 11.5 Å². The van der Waals surface area contributed by atoms with Crippen LogP contribution in [0.4, 0.5) is 0 Å². The predicted molar refractivity (Wildman–Crippen MR) is 170 cm³/mol. The number of rotatable bonds is 8. The molecule has 1 aromatic carbocycles. The Bertz CT molecular complexity index is 1780. The summed E-state index contributed by atoms with van der Waals surface area (Å²) in [5, 5.41) is 14.0. The highest BCUT2D eigenvalue weighted by Crippen LogP contribution is 2.44. The van der Waals surface area contributed by atoms with E-state index in [1.807, 2.05) is 75.4 Å². The van der Waals surface area contributed by atoms with Crippen molar-refractivity contribution in [2.75, 3.05) is 20.2 Å². The molecular weight excluding hydrogens is 582 g/mol. The second-order valence-corrected chi connectivity index (χ2v) is 12.6. The minimum absolute atomic E-state index is 0.175. The standard InChI is InChI=1S/C33H38ClN5O5/c1-20-23(24-10-7-8-12-26(24)34)11-9-15-33(20,36-28(40)25-19-37(4)31(42)38(5)30(25)41)27-14-13-21(29(35-27)44-6)16-39-17-22(18-39)32(2,3)43/h7-15,19-20,22,43H,16-18H2,1-6H3,(H,36,40). The Kier molecular flexibility index (Phi) is 8.45. The van der Waals surface area contributed by atoms with Crippen molar-refractivity contribution in [3.05, 3.63) is 109 Å². The van der Waals surface area contributed by atoms with Crippen LogP contribution in [0.3, 0.4) is 0 Å². The number of aryl methyl sites for hydroxylation is 1. The first-order valence-electron chi connectivity index (χ1n) is 14.5. The number of likely N-dealkylation sites (tertiary alicyclic amines) is 1. The van der Waals surface area contributed by atoms with Gasteiger partial charge >= 0.3 is 5.69 Å². The van der Waals surface area contributed by atoms with Crippen molar-refractivity contribution in [1.29, 1.82) is 0 Å². The number of amides is 1. The van der Waals surface area contributed by atoms with Gasteiger partial charge in [-0.05, 0) is 37.1 Å². The third kappa shape index (κ3) is 5.65. The summed E-state index contributed by atoms with van der Waals surface area (Å²) in [6.45, 7) is 7.73. The Morgan fingerprint density at radius 2 is 1.89 bits per heavy atom. The van der Waals surface area contributed by atoms with Gasteiger partial charge in [0.15, 0.2) is 0 Å². The largest absolute Gasteiger partial charge is 0.481 e. The van der Waals surface area contributed by atoms with E-state index in [2.05, 4.69) is 10.2 Å². The Morgan fingerprint density at radius 3 is 2.55 bits per heavy atom. The monoisotopic (exact) mass is 619 g/mol. The quantitative estimate of drug-likeness (QED) is 0.397. The molecule has 232 valence electrons. The molecule has 1 aliphatic carbocycles. The average molecular weight is 620 g/mol. The smallest absolute Gasteiger partial charge is 0.330 e. The number of hydrogen-bond acceptors (Lipinski definition) is 7. The van der Waals surface area contributed by atoms with Crippen molar-refractivity contribution >= 4 is 23.1 Å². The van der Waals surface area contributed by atoms with Crippen LogP contribution < -0.4 is 21.3 Å². The first kappa shape index (κ1) is 31.4. The molecule has 5 rings (SSSR count). The number of carbonyl (C=O) groups is 1. The van der Waals surface area contributed by atoms with E-state index in [0.29, 0.717) is 23.1 Å². The van der Waals surface area contributed by atoms with E-state index >= 15 is 0 Å². The number of halogens is 1. The van der Waals surface area contributed by atoms with Gasteiger partial charge < -0.3 is 19.7 Å². The molecule has 3 heterocycles. The molecule has 2 aliphatic rings. The van der Waals surface area contributed by atoms with Crippen LogP contribution in [0.5, 0.6) is 5.88 Å². The van der Waals surface area contributed by atoms with Crippen LogP contribution in [0.1, 0.15) is 48.0 Å². The second-order valence-electron chi connectivity index (χ2n) is 12.2. The van der Waals surface area contributed by atoms with Gasteiger partial charge in [0, 0.05) is 62.3 Å². The summed E-state index contributed by atoms with van der Waals surface area (Å²) in [6.07, 6.45) is 6.90. The van der Waals surface area contributed by atoms with Gasteiger partial charge in [-0.15, -0.1) is 0 Å². The van der Waals surface area contributed by atoms with E-state index in [1.165, 1.54) is 24.9 Å². The molecule has 2 unspecified atom stereocenters. The van der Waals surface area contributed by atoms with Crippen LogP contribution in [0, 0.1) is 11.8 Å². The topological polar surface area (TPSA) is 119 Å². The van der Waals surface area contributed by atoms with Crippen molar-refractivity contribution in [1.82, 2.24) is 24.3 Å². The zero-order chi connectivity index (χ0) is 32.0. The molecule has 0 bridgehead atoms. The third-order valence-electron chi connectivity index (χ3n) is 8.89. The van der Waals surface area contributed by atoms with Gasteiger partial charge in [-0.25, -0.2) is 9.78 Å². The molecule has 44 heavy (non-hydrogen) atoms. The van der Waals surface area contributed by atoms with Gasteiger partial charge in [-0.3, -0.25) is 19.1 Å². The van der Waals surface area contributed by atoms with Crippen LogP contribution in [-0.2, 0) is 26.2 Å². The summed E-state index contributed by atoms with van der Waals surface area (Å²) >= 11 is 6.62. The minimum atomic E-state index is -1.21. The normalized spacial score (nSPS) is 20.6. The molecular formula is C33H38ClN5O5. The fraction of sp³-hybridized carbons (Fsp3) is 0.394. The summed E-state index contributed by atoms with van der Waals surface area (Å²) in [4.78, 5) is 46.4. The van der Waals surface area contributed by atoms with Crippen molar-refractivity contribution in [2.24, 2.45) is 25.9 Å². The predicted octanol–water partition coefficient (Wildman–Crippen LogP) is 3.26. The van der Waals surface area contributed by atoms with E-state index < -0.39 is 34.2 Å². The fourth-order valence-electron chi connectivity index (χ4n) is 5.98. The lowest BCUT2D eigenvalue weighted by molar-refractivity contribution is -0.0649. The van der Waals surface area contributed by atoms with Crippen LogP contribution in [0.2, 0.25) is 5.02 Å². The van der Waals surface area contributed by atoms with Gasteiger partial charge in [-0.2, -0.15) is 0 Å². The van der Waals surface area contributed by atoms with Gasteiger partial charge in [0.05, 0.1) is 18.4 Å². The van der Waals surface area contributed by atoms with Gasteiger partial charge in [0.1, 0.15) is 11.1 Å². The molecule has 3 aromatic rings. The number of methoxy groups -OCH3 is 1. The van der Waals surface area contributed by atoms with E-state index in [4.69, 9.17) is 21.3 Å².